The third kappa shape index (κ3) is 32.3. The summed E-state index contributed by atoms with van der Waals surface area (Å²) in [6.07, 6.45) is -2.92. The van der Waals surface area contributed by atoms with Gasteiger partial charge >= 0.3 is 17.9 Å². The van der Waals surface area contributed by atoms with Crippen LogP contribution < -0.4 is 69.5 Å². The van der Waals surface area contributed by atoms with Gasteiger partial charge in [-0.25, -0.2) is 4.79 Å². The fourth-order valence-electron chi connectivity index (χ4n) is 9.07. The number of nitrogens with two attached hydrogens (primary N) is 1. The third-order valence-corrected chi connectivity index (χ3v) is 14.3. The number of hydrogen-bond donors (Lipinski definition) is 17. The maximum atomic E-state index is 14.2. The van der Waals surface area contributed by atoms with Crippen molar-refractivity contribution >= 4 is 88.8 Å². The number of rotatable bonds is 43. The van der Waals surface area contributed by atoms with E-state index in [0.29, 0.717) is 6.42 Å². The number of aliphatic hydroxyl groups excluding tert-OH is 1. The molecule has 32 heteroatoms. The highest BCUT2D eigenvalue weighted by atomic mass is 16.4. The van der Waals surface area contributed by atoms with E-state index in [2.05, 4.69) is 63.8 Å². The second-order valence-electron chi connectivity index (χ2n) is 25.6. The van der Waals surface area contributed by atoms with E-state index in [1.807, 2.05) is 0 Å². The number of nitrogens with one attached hydrogen (secondary N) is 12. The molecule has 12 amide bonds. The Kier molecular flexibility index (Phi) is 37.8. The second-order valence-corrected chi connectivity index (χ2v) is 25.6. The molecule has 32 nitrogen and oxygen atoms in total. The van der Waals surface area contributed by atoms with Crippen LogP contribution in [0.2, 0.25) is 0 Å². The number of carboxylic acid groups (broad SMARTS) is 3. The fourth-order valence-corrected chi connectivity index (χ4v) is 9.07. The van der Waals surface area contributed by atoms with Crippen LogP contribution in [-0.2, 0) is 71.9 Å². The molecule has 0 aliphatic rings. The summed E-state index contributed by atoms with van der Waals surface area (Å²) in [7, 11) is 0. The van der Waals surface area contributed by atoms with Crippen molar-refractivity contribution in [2.45, 2.75) is 235 Å². The van der Waals surface area contributed by atoms with Crippen LogP contribution in [0, 0.1) is 41.4 Å². The first-order valence-electron chi connectivity index (χ1n) is 31.2. The highest BCUT2D eigenvalue weighted by Crippen LogP contribution is 2.15. The first kappa shape index (κ1) is 84.0. The van der Waals surface area contributed by atoms with Gasteiger partial charge in [0, 0.05) is 6.42 Å². The van der Waals surface area contributed by atoms with Crippen molar-refractivity contribution in [2.24, 2.45) is 47.2 Å². The molecular formula is C60H105N13O19. The Morgan fingerprint density at radius 1 is 0.370 bits per heavy atom. The SMILES string of the molecule is CC[C@H](C)[C@H](NC(=O)[C@@H](N)CC(=O)O)C(=O)N[C@@H](CC(C)C)C(=O)NCC(=O)N[C@@H](C)C(=O)N[C@H](C(=O)N[C@H](C(=O)N[C@@H](CC(C)C)C(=O)N[C@@H](CC(C)C)C(=O)N[C@@H](CC(C)C)C(=O)N[C@@H](CCC(=O)O)C(=O)NCC(=O)N[C@H](C(=O)O)C(C)C)[C@@H](C)O)C(C)C. The predicted molar refractivity (Wildman–Crippen MR) is 334 cm³/mol. The Hall–Kier alpha value is -8.03. The number of aliphatic hydroxyl groups is 1. The number of carbonyl (C=O) groups is 15. The maximum Gasteiger partial charge on any atom is 0.326 e. The van der Waals surface area contributed by atoms with Gasteiger partial charge < -0.3 is 90.0 Å². The monoisotopic (exact) mass is 1310 g/mol. The minimum absolute atomic E-state index is 0.00407. The smallest absolute Gasteiger partial charge is 0.326 e. The van der Waals surface area contributed by atoms with Gasteiger partial charge in [-0.05, 0) is 87.4 Å². The molecule has 0 bridgehead atoms. The van der Waals surface area contributed by atoms with Crippen molar-refractivity contribution in [2.75, 3.05) is 13.1 Å². The molecule has 0 heterocycles. The molecule has 92 heavy (non-hydrogen) atoms. The number of carboxylic acids is 3. The molecule has 0 radical (unpaired) electrons. The Morgan fingerprint density at radius 2 is 0.717 bits per heavy atom. The van der Waals surface area contributed by atoms with Gasteiger partial charge in [0.1, 0.15) is 60.4 Å². The van der Waals surface area contributed by atoms with E-state index >= 15 is 0 Å². The fraction of sp³-hybridized carbons (Fsp3) is 0.750. The summed E-state index contributed by atoms with van der Waals surface area (Å²) in [6, 6.07) is -15.3. The van der Waals surface area contributed by atoms with E-state index in [1.54, 1.807) is 96.9 Å². The van der Waals surface area contributed by atoms with E-state index in [9.17, 15) is 87.2 Å². The highest BCUT2D eigenvalue weighted by Gasteiger charge is 2.38. The average Bonchev–Trinajstić information content (AvgIpc) is 1.49. The number of carbonyl (C=O) groups excluding carboxylic acids is 12. The van der Waals surface area contributed by atoms with Crippen molar-refractivity contribution in [1.29, 1.82) is 0 Å². The lowest BCUT2D eigenvalue weighted by atomic mass is 9.96. The van der Waals surface area contributed by atoms with Crippen LogP contribution in [-0.4, -0.2) is 195 Å². The number of aliphatic carboxylic acids is 3. The molecule has 0 saturated carbocycles. The van der Waals surface area contributed by atoms with Gasteiger partial charge in [0.25, 0.3) is 0 Å². The summed E-state index contributed by atoms with van der Waals surface area (Å²) in [5, 5.41) is 68.5. The van der Waals surface area contributed by atoms with E-state index in [1.165, 1.54) is 13.8 Å². The van der Waals surface area contributed by atoms with Gasteiger partial charge in [-0.15, -0.1) is 0 Å². The van der Waals surface area contributed by atoms with Gasteiger partial charge in [0.15, 0.2) is 0 Å². The quantitative estimate of drug-likeness (QED) is 0.0307. The van der Waals surface area contributed by atoms with E-state index in [4.69, 9.17) is 10.8 Å². The Morgan fingerprint density at radius 3 is 1.09 bits per heavy atom. The summed E-state index contributed by atoms with van der Waals surface area (Å²) in [6.45, 7) is 24.7. The summed E-state index contributed by atoms with van der Waals surface area (Å²) in [5.74, 6) is -17.3. The van der Waals surface area contributed by atoms with Crippen LogP contribution in [0.1, 0.15) is 162 Å². The zero-order valence-electron chi connectivity index (χ0n) is 56.0. The average molecular weight is 1310 g/mol. The molecule has 524 valence electrons. The van der Waals surface area contributed by atoms with Crippen molar-refractivity contribution in [3.8, 4) is 0 Å². The molecular weight excluding hydrogens is 1210 g/mol. The third-order valence-electron chi connectivity index (χ3n) is 14.3. The molecule has 0 aliphatic heterocycles. The molecule has 0 fully saturated rings. The van der Waals surface area contributed by atoms with Crippen LogP contribution >= 0.6 is 0 Å². The van der Waals surface area contributed by atoms with Gasteiger partial charge in [-0.1, -0.05) is 103 Å². The number of amides is 12. The Bertz CT molecular complexity index is 2540. The summed E-state index contributed by atoms with van der Waals surface area (Å²) >= 11 is 0. The summed E-state index contributed by atoms with van der Waals surface area (Å²) in [4.78, 5) is 197. The molecule has 0 saturated heterocycles. The zero-order chi connectivity index (χ0) is 71.2. The minimum atomic E-state index is -1.74. The van der Waals surface area contributed by atoms with E-state index < -0.39 is 211 Å². The molecule has 0 aromatic carbocycles. The Balaban J connectivity index is 6.36. The van der Waals surface area contributed by atoms with Gasteiger partial charge in [-0.3, -0.25) is 67.1 Å². The minimum Gasteiger partial charge on any atom is -0.481 e. The Labute approximate surface area is 538 Å². The first-order valence-corrected chi connectivity index (χ1v) is 31.2. The topological polar surface area (TPSA) is 507 Å². The van der Waals surface area contributed by atoms with Crippen LogP contribution in [0.25, 0.3) is 0 Å². The lowest BCUT2D eigenvalue weighted by Crippen LogP contribution is -2.62. The number of hydrogen-bond acceptors (Lipinski definition) is 17. The van der Waals surface area contributed by atoms with Crippen LogP contribution in [0.4, 0.5) is 0 Å². The lowest BCUT2D eigenvalue weighted by molar-refractivity contribution is -0.143. The molecule has 0 aromatic rings. The molecule has 0 aliphatic carbocycles. The second kappa shape index (κ2) is 41.5. The summed E-state index contributed by atoms with van der Waals surface area (Å²) < 4.78 is 0. The van der Waals surface area contributed by atoms with Crippen molar-refractivity contribution < 1.29 is 92.3 Å². The predicted octanol–water partition coefficient (Wildman–Crippen LogP) is -2.24. The van der Waals surface area contributed by atoms with Gasteiger partial charge in [0.05, 0.1) is 31.7 Å². The molecule has 0 unspecified atom stereocenters. The van der Waals surface area contributed by atoms with Gasteiger partial charge in [-0.2, -0.15) is 0 Å². The molecule has 13 atom stereocenters. The van der Waals surface area contributed by atoms with Gasteiger partial charge in [0.2, 0.25) is 70.9 Å². The maximum absolute atomic E-state index is 14.2. The largest absolute Gasteiger partial charge is 0.481 e. The normalized spacial score (nSPS) is 15.7. The van der Waals surface area contributed by atoms with Crippen molar-refractivity contribution in [1.82, 2.24) is 63.8 Å². The van der Waals surface area contributed by atoms with E-state index in [0.717, 1.165) is 0 Å². The van der Waals surface area contributed by atoms with Crippen LogP contribution in [0.15, 0.2) is 0 Å². The van der Waals surface area contributed by atoms with Crippen LogP contribution in [0.5, 0.6) is 0 Å². The lowest BCUT2D eigenvalue weighted by Gasteiger charge is -2.30. The molecule has 0 aromatic heterocycles. The molecule has 18 N–H and O–H groups in total. The molecule has 0 rings (SSSR count). The summed E-state index contributed by atoms with van der Waals surface area (Å²) in [5.41, 5.74) is 5.71. The van der Waals surface area contributed by atoms with Crippen molar-refractivity contribution in [3.05, 3.63) is 0 Å². The standard InChI is InChI=1S/C60H105N13O19/c1-17-33(14)48(72-51(82)36(61)24-45(79)80)58(89)68-38(20-27(2)3)53(84)63-25-42(75)64-34(15)50(81)71-46(31(10)11)57(88)73-49(35(16)74)59(90)69-41(23-30(8)9)56(87)67-40(22-29(6)7)55(86)66-39(21-28(4)5)54(85)65-37(18-19-44(77)78)52(83)62-26-43(76)70-47(32(12)13)60(91)92/h27-41,46-49,74H,17-26,61H2,1-16H3,(H,62,83)(H,63,84)(H,64,75)(H,65,85)(H,66,86)(H,67,87)(H,68,89)(H,69,90)(H,70,76)(H,71,81)(H,72,82)(H,73,88)(H,77,78)(H,79,80)(H,91,92)/t33-,34-,35+,36-,37-,38-,39-,40-,41-,46-,47-,48-,49-/m0/s1. The zero-order valence-corrected chi connectivity index (χ0v) is 56.0. The van der Waals surface area contributed by atoms with Crippen LogP contribution in [0.3, 0.4) is 0 Å². The molecule has 0 spiro atoms. The van der Waals surface area contributed by atoms with E-state index in [-0.39, 0.29) is 49.4 Å². The highest BCUT2D eigenvalue weighted by molar-refractivity contribution is 5.99. The van der Waals surface area contributed by atoms with Crippen molar-refractivity contribution in [3.63, 3.8) is 0 Å². The first-order chi connectivity index (χ1) is 42.5.